The van der Waals surface area contributed by atoms with Crippen molar-refractivity contribution in [1.82, 2.24) is 14.9 Å². The van der Waals surface area contributed by atoms with E-state index >= 15 is 0 Å². The second-order valence-corrected chi connectivity index (χ2v) is 7.87. The normalized spacial score (nSPS) is 15.8. The fraction of sp³-hybridized carbons (Fsp3) is 0.375. The van der Waals surface area contributed by atoms with Gasteiger partial charge < -0.3 is 15.4 Å². The number of aromatic nitrogens is 2. The van der Waals surface area contributed by atoms with E-state index in [9.17, 15) is 10.1 Å². The van der Waals surface area contributed by atoms with Gasteiger partial charge in [0.25, 0.3) is 0 Å². The molecule has 4 rings (SSSR count). The van der Waals surface area contributed by atoms with Crippen molar-refractivity contribution in [2.24, 2.45) is 0 Å². The quantitative estimate of drug-likeness (QED) is 0.526. The number of nitriles is 1. The molecule has 1 unspecified atom stereocenters. The molecule has 8 heteroatoms. The Morgan fingerprint density at radius 1 is 1.34 bits per heavy atom. The zero-order chi connectivity index (χ0) is 22.5. The third-order valence-electron chi connectivity index (χ3n) is 5.87. The summed E-state index contributed by atoms with van der Waals surface area (Å²) >= 11 is 0. The molecule has 0 bridgehead atoms. The second kappa shape index (κ2) is 9.71. The van der Waals surface area contributed by atoms with E-state index in [4.69, 9.17) is 4.74 Å². The SMILES string of the molecule is CCOc1ccc(N(C=O)c2c(C)c(NCC3CCCCN3)c(C#N)c3ccnn23)cc1. The Labute approximate surface area is 187 Å². The van der Waals surface area contributed by atoms with E-state index in [-0.39, 0.29) is 0 Å². The van der Waals surface area contributed by atoms with Gasteiger partial charge in [0.2, 0.25) is 6.41 Å². The molecule has 2 N–H and O–H groups in total. The summed E-state index contributed by atoms with van der Waals surface area (Å²) in [7, 11) is 0. The van der Waals surface area contributed by atoms with Gasteiger partial charge in [0.15, 0.2) is 0 Å². The summed E-state index contributed by atoms with van der Waals surface area (Å²) in [5.74, 6) is 1.34. The topological polar surface area (TPSA) is 94.7 Å². The molecule has 2 aromatic heterocycles. The van der Waals surface area contributed by atoms with Gasteiger partial charge in [-0.2, -0.15) is 10.4 Å². The van der Waals surface area contributed by atoms with Crippen LogP contribution in [0.1, 0.15) is 37.3 Å². The lowest BCUT2D eigenvalue weighted by molar-refractivity contribution is -0.106. The summed E-state index contributed by atoms with van der Waals surface area (Å²) in [6.45, 7) is 6.14. The van der Waals surface area contributed by atoms with E-state index in [1.807, 2.05) is 38.1 Å². The maximum absolute atomic E-state index is 12.3. The van der Waals surface area contributed by atoms with Crippen molar-refractivity contribution < 1.29 is 9.53 Å². The Bertz CT molecular complexity index is 1130. The van der Waals surface area contributed by atoms with Crippen LogP contribution in [0.5, 0.6) is 5.75 Å². The summed E-state index contributed by atoms with van der Waals surface area (Å²) in [6, 6.07) is 11.8. The van der Waals surface area contributed by atoms with E-state index in [2.05, 4.69) is 21.8 Å². The highest BCUT2D eigenvalue weighted by atomic mass is 16.5. The van der Waals surface area contributed by atoms with Crippen molar-refractivity contribution in [2.75, 3.05) is 29.9 Å². The molecule has 1 fully saturated rings. The highest BCUT2D eigenvalue weighted by Gasteiger charge is 2.23. The number of pyridine rings is 1. The van der Waals surface area contributed by atoms with Gasteiger partial charge in [-0.05, 0) is 63.6 Å². The summed E-state index contributed by atoms with van der Waals surface area (Å²) < 4.78 is 7.18. The molecule has 0 radical (unpaired) electrons. The number of rotatable bonds is 8. The Kier molecular flexibility index (Phi) is 6.57. The fourth-order valence-corrected chi connectivity index (χ4v) is 4.29. The highest BCUT2D eigenvalue weighted by Crippen LogP contribution is 2.36. The van der Waals surface area contributed by atoms with E-state index in [0.29, 0.717) is 41.8 Å². The maximum atomic E-state index is 12.3. The average Bonchev–Trinajstić information content (AvgIpc) is 3.30. The van der Waals surface area contributed by atoms with E-state index in [1.54, 1.807) is 21.7 Å². The zero-order valence-corrected chi connectivity index (χ0v) is 18.5. The molecule has 0 saturated carbocycles. The molecular formula is C24H28N6O2. The van der Waals surface area contributed by atoms with Gasteiger partial charge in [-0.1, -0.05) is 6.42 Å². The monoisotopic (exact) mass is 432 g/mol. The number of hydrogen-bond acceptors (Lipinski definition) is 6. The van der Waals surface area contributed by atoms with Crippen LogP contribution in [0.3, 0.4) is 0 Å². The first kappa shape index (κ1) is 21.7. The van der Waals surface area contributed by atoms with Crippen LogP contribution in [0.25, 0.3) is 5.52 Å². The number of carbonyl (C=O) groups is 1. The van der Waals surface area contributed by atoms with Gasteiger partial charge in [-0.15, -0.1) is 0 Å². The van der Waals surface area contributed by atoms with E-state index in [1.165, 1.54) is 12.8 Å². The number of benzene rings is 1. The van der Waals surface area contributed by atoms with Crippen LogP contribution in [0.15, 0.2) is 36.5 Å². The van der Waals surface area contributed by atoms with Crippen molar-refractivity contribution in [2.45, 2.75) is 39.2 Å². The van der Waals surface area contributed by atoms with Gasteiger partial charge in [0, 0.05) is 18.2 Å². The molecule has 0 spiro atoms. The van der Waals surface area contributed by atoms with Crippen molar-refractivity contribution in [3.05, 3.63) is 47.7 Å². The molecule has 3 heterocycles. The highest BCUT2D eigenvalue weighted by molar-refractivity contribution is 5.91. The van der Waals surface area contributed by atoms with Crippen LogP contribution >= 0.6 is 0 Å². The smallest absolute Gasteiger partial charge is 0.219 e. The predicted octanol–water partition coefficient (Wildman–Crippen LogP) is 3.76. The molecule has 8 nitrogen and oxygen atoms in total. The van der Waals surface area contributed by atoms with Crippen molar-refractivity contribution in [3.8, 4) is 11.8 Å². The lowest BCUT2D eigenvalue weighted by Crippen LogP contribution is -2.39. The first-order valence-electron chi connectivity index (χ1n) is 11.0. The number of fused-ring (bicyclic) bond motifs is 1. The van der Waals surface area contributed by atoms with Gasteiger partial charge in [0.05, 0.1) is 29.7 Å². The zero-order valence-electron chi connectivity index (χ0n) is 18.5. The van der Waals surface area contributed by atoms with E-state index in [0.717, 1.165) is 36.4 Å². The van der Waals surface area contributed by atoms with Crippen LogP contribution in [0.2, 0.25) is 0 Å². The predicted molar refractivity (Wildman–Crippen MR) is 125 cm³/mol. The van der Waals surface area contributed by atoms with Gasteiger partial charge >= 0.3 is 0 Å². The minimum Gasteiger partial charge on any atom is -0.494 e. The molecule has 166 valence electrons. The van der Waals surface area contributed by atoms with Crippen LogP contribution in [-0.4, -0.2) is 41.8 Å². The number of amides is 1. The molecule has 1 aliphatic heterocycles. The van der Waals surface area contributed by atoms with Crippen LogP contribution in [0, 0.1) is 18.3 Å². The second-order valence-electron chi connectivity index (χ2n) is 7.87. The first-order chi connectivity index (χ1) is 15.7. The molecule has 1 aromatic carbocycles. The number of hydrogen-bond donors (Lipinski definition) is 2. The molecule has 1 amide bonds. The molecule has 0 aliphatic carbocycles. The third kappa shape index (κ3) is 4.12. The molecule has 1 atom stereocenters. The molecule has 1 saturated heterocycles. The number of anilines is 3. The van der Waals surface area contributed by atoms with Crippen molar-refractivity contribution in [1.29, 1.82) is 5.26 Å². The molecule has 32 heavy (non-hydrogen) atoms. The Morgan fingerprint density at radius 3 is 2.81 bits per heavy atom. The summed E-state index contributed by atoms with van der Waals surface area (Å²) in [5, 5.41) is 21.4. The van der Waals surface area contributed by atoms with Gasteiger partial charge in [0.1, 0.15) is 23.2 Å². The van der Waals surface area contributed by atoms with Crippen molar-refractivity contribution >= 4 is 29.1 Å². The number of piperidine rings is 1. The van der Waals surface area contributed by atoms with Gasteiger partial charge in [-0.3, -0.25) is 9.69 Å². The summed E-state index contributed by atoms with van der Waals surface area (Å²) in [4.78, 5) is 13.8. The third-order valence-corrected chi connectivity index (χ3v) is 5.87. The first-order valence-corrected chi connectivity index (χ1v) is 11.0. The lowest BCUT2D eigenvalue weighted by Gasteiger charge is -2.27. The summed E-state index contributed by atoms with van der Waals surface area (Å²) in [6.07, 6.45) is 5.92. The maximum Gasteiger partial charge on any atom is 0.219 e. The molecule has 1 aliphatic rings. The van der Waals surface area contributed by atoms with Crippen LogP contribution < -0.4 is 20.3 Å². The summed E-state index contributed by atoms with van der Waals surface area (Å²) in [5.41, 5.74) is 3.39. The Balaban J connectivity index is 1.77. The lowest BCUT2D eigenvalue weighted by atomic mass is 10.0. The number of carbonyl (C=O) groups excluding carboxylic acids is 1. The van der Waals surface area contributed by atoms with Gasteiger partial charge in [-0.25, -0.2) is 4.52 Å². The number of ether oxygens (including phenoxy) is 1. The largest absolute Gasteiger partial charge is 0.494 e. The minimum atomic E-state index is 0.354. The minimum absolute atomic E-state index is 0.354. The number of nitrogens with zero attached hydrogens (tertiary/aromatic N) is 4. The molecule has 3 aromatic rings. The van der Waals surface area contributed by atoms with Crippen LogP contribution in [-0.2, 0) is 4.79 Å². The van der Waals surface area contributed by atoms with Crippen LogP contribution in [0.4, 0.5) is 17.2 Å². The van der Waals surface area contributed by atoms with Crippen molar-refractivity contribution in [3.63, 3.8) is 0 Å². The van der Waals surface area contributed by atoms with E-state index < -0.39 is 0 Å². The Hall–Kier alpha value is -3.57. The Morgan fingerprint density at radius 2 is 2.16 bits per heavy atom. The standard InChI is InChI=1S/C24H28N6O2/c1-3-32-20-9-7-19(8-10-20)29(16-31)24-17(2)23(27-15-18-6-4-5-12-26-18)21(14-25)22-11-13-28-30(22)24/h7-11,13,16,18,26-27H,3-6,12,15H2,1-2H3. The average molecular weight is 433 g/mol. The number of nitrogens with one attached hydrogen (secondary N) is 2. The molecular weight excluding hydrogens is 404 g/mol. The fourth-order valence-electron chi connectivity index (χ4n) is 4.29.